The molecule has 5 rings (SSSR count). The van der Waals surface area contributed by atoms with Crippen molar-refractivity contribution in [2.24, 2.45) is 5.92 Å². The number of amides is 4. The van der Waals surface area contributed by atoms with E-state index < -0.39 is 5.54 Å². The Morgan fingerprint density at radius 3 is 2.22 bits per heavy atom. The van der Waals surface area contributed by atoms with Crippen LogP contribution in [0.1, 0.15) is 30.9 Å². The molecule has 2 saturated heterocycles. The van der Waals surface area contributed by atoms with Gasteiger partial charge in [-0.15, -0.1) is 0 Å². The van der Waals surface area contributed by atoms with Gasteiger partial charge in [-0.1, -0.05) is 54.6 Å². The van der Waals surface area contributed by atoms with Gasteiger partial charge in [0.2, 0.25) is 5.91 Å². The van der Waals surface area contributed by atoms with Crippen molar-refractivity contribution in [2.75, 3.05) is 13.1 Å². The molecule has 0 spiro atoms. The molecule has 2 aliphatic rings. The number of carbonyl (C=O) groups excluding carboxylic acids is 3. The van der Waals surface area contributed by atoms with E-state index in [4.69, 9.17) is 0 Å². The van der Waals surface area contributed by atoms with Crippen molar-refractivity contribution in [1.29, 1.82) is 0 Å². The third-order valence-corrected chi connectivity index (χ3v) is 7.47. The SMILES string of the molecule is C[C@]1(C2CCN(C(=O)Cc3ccc(-c4ccccc4)cc3)CC2)NC(=O)N(Cc2ccncc2)C1=O. The predicted molar refractivity (Wildman–Crippen MR) is 137 cm³/mol. The molecule has 2 aromatic carbocycles. The fourth-order valence-corrected chi connectivity index (χ4v) is 5.25. The molecule has 2 aliphatic heterocycles. The zero-order valence-corrected chi connectivity index (χ0v) is 20.4. The van der Waals surface area contributed by atoms with Crippen molar-refractivity contribution in [2.45, 2.75) is 38.3 Å². The quantitative estimate of drug-likeness (QED) is 0.538. The van der Waals surface area contributed by atoms with Gasteiger partial charge in [-0.25, -0.2) is 4.79 Å². The monoisotopic (exact) mass is 482 g/mol. The van der Waals surface area contributed by atoms with E-state index in [1.165, 1.54) is 4.90 Å². The topological polar surface area (TPSA) is 82.6 Å². The summed E-state index contributed by atoms with van der Waals surface area (Å²) in [6, 6.07) is 21.5. The lowest BCUT2D eigenvalue weighted by Crippen LogP contribution is -2.54. The number of piperidine rings is 1. The van der Waals surface area contributed by atoms with E-state index in [1.54, 1.807) is 24.5 Å². The van der Waals surface area contributed by atoms with E-state index in [-0.39, 0.29) is 30.3 Å². The Morgan fingerprint density at radius 1 is 0.917 bits per heavy atom. The molecule has 4 amide bonds. The molecular formula is C29H30N4O3. The van der Waals surface area contributed by atoms with Gasteiger partial charge in [0.05, 0.1) is 13.0 Å². The number of pyridine rings is 1. The Hall–Kier alpha value is -4.00. The molecule has 1 atom stereocenters. The smallest absolute Gasteiger partial charge is 0.325 e. The van der Waals surface area contributed by atoms with Crippen molar-refractivity contribution in [3.63, 3.8) is 0 Å². The highest BCUT2D eigenvalue weighted by Gasteiger charge is 2.52. The minimum absolute atomic E-state index is 0.0226. The first-order chi connectivity index (χ1) is 17.4. The van der Waals surface area contributed by atoms with Crippen molar-refractivity contribution < 1.29 is 14.4 Å². The fourth-order valence-electron chi connectivity index (χ4n) is 5.25. The lowest BCUT2D eigenvalue weighted by Gasteiger charge is -2.39. The Bertz CT molecular complexity index is 1240. The second-order valence-electron chi connectivity index (χ2n) is 9.77. The van der Waals surface area contributed by atoms with Crippen LogP contribution in [-0.2, 0) is 22.6 Å². The Morgan fingerprint density at radius 2 is 1.56 bits per heavy atom. The summed E-state index contributed by atoms with van der Waals surface area (Å²) < 4.78 is 0. The second-order valence-corrected chi connectivity index (χ2v) is 9.77. The number of benzene rings is 2. The Balaban J connectivity index is 1.17. The number of imide groups is 1. The molecule has 184 valence electrons. The first-order valence-electron chi connectivity index (χ1n) is 12.4. The molecular weight excluding hydrogens is 452 g/mol. The number of carbonyl (C=O) groups is 3. The van der Waals surface area contributed by atoms with Crippen LogP contribution in [0.5, 0.6) is 0 Å². The number of likely N-dealkylation sites (tertiary alicyclic amines) is 1. The minimum atomic E-state index is -0.952. The Labute approximate surface area is 211 Å². The van der Waals surface area contributed by atoms with Gasteiger partial charge >= 0.3 is 6.03 Å². The highest BCUT2D eigenvalue weighted by atomic mass is 16.2. The maximum atomic E-state index is 13.3. The van der Waals surface area contributed by atoms with E-state index >= 15 is 0 Å². The average molecular weight is 483 g/mol. The second kappa shape index (κ2) is 9.93. The summed E-state index contributed by atoms with van der Waals surface area (Å²) in [4.78, 5) is 46.1. The van der Waals surface area contributed by atoms with Crippen LogP contribution in [0.2, 0.25) is 0 Å². The average Bonchev–Trinajstić information content (AvgIpc) is 3.14. The number of urea groups is 1. The van der Waals surface area contributed by atoms with Crippen molar-refractivity contribution in [3.8, 4) is 11.1 Å². The van der Waals surface area contributed by atoms with Crippen LogP contribution in [0.4, 0.5) is 4.79 Å². The molecule has 36 heavy (non-hydrogen) atoms. The van der Waals surface area contributed by atoms with Crippen LogP contribution in [-0.4, -0.2) is 51.3 Å². The molecule has 0 aliphatic carbocycles. The number of nitrogens with one attached hydrogen (secondary N) is 1. The van der Waals surface area contributed by atoms with Gasteiger partial charge in [0, 0.05) is 25.5 Å². The van der Waals surface area contributed by atoms with E-state index in [0.717, 1.165) is 22.3 Å². The van der Waals surface area contributed by atoms with Crippen molar-refractivity contribution in [1.82, 2.24) is 20.1 Å². The first-order valence-corrected chi connectivity index (χ1v) is 12.4. The number of hydrogen-bond acceptors (Lipinski definition) is 4. The predicted octanol–water partition coefficient (Wildman–Crippen LogP) is 4.04. The van der Waals surface area contributed by atoms with E-state index in [2.05, 4.69) is 34.6 Å². The first kappa shape index (κ1) is 23.7. The van der Waals surface area contributed by atoms with Crippen LogP contribution in [0.3, 0.4) is 0 Å². The molecule has 7 nitrogen and oxygen atoms in total. The largest absolute Gasteiger partial charge is 0.342 e. The molecule has 0 saturated carbocycles. The molecule has 0 radical (unpaired) electrons. The van der Waals surface area contributed by atoms with Gasteiger partial charge in [0.1, 0.15) is 5.54 Å². The summed E-state index contributed by atoms with van der Waals surface area (Å²) in [7, 11) is 0. The maximum absolute atomic E-state index is 13.3. The zero-order valence-electron chi connectivity index (χ0n) is 20.4. The molecule has 0 bridgehead atoms. The molecule has 1 N–H and O–H groups in total. The summed E-state index contributed by atoms with van der Waals surface area (Å²) in [5.41, 5.74) is 3.17. The van der Waals surface area contributed by atoms with Crippen LogP contribution < -0.4 is 5.32 Å². The molecule has 3 heterocycles. The summed E-state index contributed by atoms with van der Waals surface area (Å²) in [6.07, 6.45) is 5.00. The molecule has 7 heteroatoms. The summed E-state index contributed by atoms with van der Waals surface area (Å²) in [5.74, 6) is -0.134. The molecule has 2 fully saturated rings. The minimum Gasteiger partial charge on any atom is -0.342 e. The lowest BCUT2D eigenvalue weighted by molar-refractivity contribution is -0.135. The highest BCUT2D eigenvalue weighted by Crippen LogP contribution is 2.34. The van der Waals surface area contributed by atoms with Crippen LogP contribution in [0.25, 0.3) is 11.1 Å². The summed E-state index contributed by atoms with van der Waals surface area (Å²) in [6.45, 7) is 3.20. The van der Waals surface area contributed by atoms with E-state index in [0.29, 0.717) is 32.4 Å². The summed E-state index contributed by atoms with van der Waals surface area (Å²) >= 11 is 0. The zero-order chi connectivity index (χ0) is 25.1. The third-order valence-electron chi connectivity index (χ3n) is 7.47. The van der Waals surface area contributed by atoms with Crippen LogP contribution >= 0.6 is 0 Å². The van der Waals surface area contributed by atoms with Crippen molar-refractivity contribution >= 4 is 17.8 Å². The highest BCUT2D eigenvalue weighted by molar-refractivity contribution is 6.07. The normalized spacial score (nSPS) is 20.5. The lowest BCUT2D eigenvalue weighted by atomic mass is 9.78. The van der Waals surface area contributed by atoms with Gasteiger partial charge in [-0.3, -0.25) is 19.5 Å². The number of hydrogen-bond donors (Lipinski definition) is 1. The number of rotatable bonds is 6. The van der Waals surface area contributed by atoms with Gasteiger partial charge in [-0.2, -0.15) is 0 Å². The number of aromatic nitrogens is 1. The molecule has 3 aromatic rings. The van der Waals surface area contributed by atoms with Crippen molar-refractivity contribution in [3.05, 3.63) is 90.3 Å². The maximum Gasteiger partial charge on any atom is 0.325 e. The standard InChI is InChI=1S/C29H30N4O3/c1-29(27(35)33(28(36)31-29)20-22-11-15-30-16-12-22)25-13-17-32(18-14-25)26(34)19-21-7-9-24(10-8-21)23-5-3-2-4-6-23/h2-12,15-16,25H,13-14,17-20H2,1H3,(H,31,36)/t29-/m1/s1. The van der Waals surface area contributed by atoms with Gasteiger partial charge < -0.3 is 10.2 Å². The van der Waals surface area contributed by atoms with Crippen LogP contribution in [0, 0.1) is 5.92 Å². The Kier molecular flexibility index (Phi) is 6.55. The molecule has 0 unspecified atom stereocenters. The van der Waals surface area contributed by atoms with E-state index in [9.17, 15) is 14.4 Å². The fraction of sp³-hybridized carbons (Fsp3) is 0.310. The summed E-state index contributed by atoms with van der Waals surface area (Å²) in [5, 5.41) is 2.94. The van der Waals surface area contributed by atoms with Crippen LogP contribution in [0.15, 0.2) is 79.1 Å². The van der Waals surface area contributed by atoms with Gasteiger partial charge in [0.15, 0.2) is 0 Å². The third kappa shape index (κ3) is 4.73. The van der Waals surface area contributed by atoms with Gasteiger partial charge in [0.25, 0.3) is 5.91 Å². The molecule has 1 aromatic heterocycles. The van der Waals surface area contributed by atoms with E-state index in [1.807, 2.05) is 42.2 Å². The van der Waals surface area contributed by atoms with Gasteiger partial charge in [-0.05, 0) is 60.1 Å². The number of nitrogens with zero attached hydrogens (tertiary/aromatic N) is 3.